The summed E-state index contributed by atoms with van der Waals surface area (Å²) in [7, 11) is 0. The van der Waals surface area contributed by atoms with Gasteiger partial charge in [-0.1, -0.05) is 84.9 Å². The van der Waals surface area contributed by atoms with Gasteiger partial charge in [0, 0.05) is 34.0 Å². The molecular weight excluding hydrogens is 627 g/mol. The van der Waals surface area contributed by atoms with E-state index in [1.54, 1.807) is 0 Å². The fourth-order valence-corrected chi connectivity index (χ4v) is 7.29. The minimum atomic E-state index is 0.172. The average molecular weight is 664 g/mol. The van der Waals surface area contributed by atoms with E-state index in [4.69, 9.17) is 9.92 Å². The molecule has 0 N–H and O–H groups in total. The van der Waals surface area contributed by atoms with Gasteiger partial charge in [0.1, 0.15) is 5.82 Å². The Morgan fingerprint density at radius 1 is 0.588 bits per heavy atom. The lowest BCUT2D eigenvalue weighted by Crippen LogP contribution is -2.31. The van der Waals surface area contributed by atoms with Crippen LogP contribution in [0.2, 0.25) is 0 Å². The molecule has 1 aliphatic rings. The number of hydrogen-bond acceptors (Lipinski definition) is 5. The molecule has 0 bridgehead atoms. The zero-order valence-corrected chi connectivity index (χ0v) is 28.8. The van der Waals surface area contributed by atoms with E-state index < -0.39 is 0 Å². The Kier molecular flexibility index (Phi) is 7.52. The predicted molar refractivity (Wildman–Crippen MR) is 211 cm³/mol. The predicted octanol–water partition coefficient (Wildman–Crippen LogP) is 11.8. The van der Waals surface area contributed by atoms with Crippen molar-refractivity contribution >= 4 is 55.9 Å². The number of fused-ring (bicyclic) bond motifs is 4. The molecule has 6 aromatic carbocycles. The van der Waals surface area contributed by atoms with Gasteiger partial charge >= 0.3 is 0 Å². The second kappa shape index (κ2) is 12.5. The molecule has 0 unspecified atom stereocenters. The molecule has 6 heteroatoms. The zero-order chi connectivity index (χ0) is 34.5. The number of aryl methyl sites for hydroxylation is 1. The number of anilines is 6. The number of hydroxylamine groups is 1. The Balaban J connectivity index is 1.21. The van der Waals surface area contributed by atoms with Crippen LogP contribution < -0.4 is 15.0 Å². The van der Waals surface area contributed by atoms with Crippen LogP contribution in [0.5, 0.6) is 0 Å². The van der Waals surface area contributed by atoms with Crippen LogP contribution in [0.4, 0.5) is 34.1 Å². The van der Waals surface area contributed by atoms with Crippen molar-refractivity contribution in [2.24, 2.45) is 0 Å². The number of benzene rings is 6. The summed E-state index contributed by atoms with van der Waals surface area (Å²) in [5.41, 5.74) is 11.9. The molecule has 248 valence electrons. The molecule has 0 spiro atoms. The second-order valence-corrected chi connectivity index (χ2v) is 13.2. The van der Waals surface area contributed by atoms with Crippen LogP contribution in [0.1, 0.15) is 19.4 Å². The summed E-state index contributed by atoms with van der Waals surface area (Å²) < 4.78 is 2.30. The molecular formula is C45H37N5O. The van der Waals surface area contributed by atoms with E-state index in [9.17, 15) is 0 Å². The van der Waals surface area contributed by atoms with Gasteiger partial charge in [-0.3, -0.25) is 4.57 Å². The summed E-state index contributed by atoms with van der Waals surface area (Å²) in [5, 5.41) is 6.26. The van der Waals surface area contributed by atoms with Crippen LogP contribution in [0.15, 0.2) is 164 Å². The first-order valence-electron chi connectivity index (χ1n) is 17.4. The van der Waals surface area contributed by atoms with Crippen LogP contribution in [0.25, 0.3) is 38.8 Å². The fraction of sp³-hybridized carbons (Fsp3) is 0.0889. The molecule has 0 fully saturated rings. The van der Waals surface area contributed by atoms with Crippen molar-refractivity contribution in [3.63, 3.8) is 0 Å². The van der Waals surface area contributed by atoms with Gasteiger partial charge in [0.2, 0.25) is 0 Å². The quantitative estimate of drug-likeness (QED) is 0.170. The molecule has 51 heavy (non-hydrogen) atoms. The molecule has 0 amide bonds. The van der Waals surface area contributed by atoms with Crippen LogP contribution >= 0.6 is 0 Å². The first kappa shape index (κ1) is 30.7. The molecule has 6 nitrogen and oxygen atoms in total. The first-order valence-corrected chi connectivity index (χ1v) is 17.4. The zero-order valence-electron chi connectivity index (χ0n) is 28.8. The maximum absolute atomic E-state index is 6.47. The average Bonchev–Trinajstić information content (AvgIpc) is 3.72. The van der Waals surface area contributed by atoms with Crippen LogP contribution in [0.3, 0.4) is 0 Å². The van der Waals surface area contributed by atoms with Gasteiger partial charge in [-0.05, 0) is 110 Å². The van der Waals surface area contributed by atoms with Crippen LogP contribution in [0, 0.1) is 6.92 Å². The van der Waals surface area contributed by atoms with Crippen LogP contribution in [-0.2, 0) is 4.94 Å². The topological polar surface area (TPSA) is 36.8 Å². The van der Waals surface area contributed by atoms with E-state index in [0.717, 1.165) is 56.5 Å². The Bertz CT molecular complexity index is 2540. The summed E-state index contributed by atoms with van der Waals surface area (Å²) in [6.07, 6.45) is 1.92. The lowest BCUT2D eigenvalue weighted by atomic mass is 10.0. The number of para-hydroxylation sites is 4. The van der Waals surface area contributed by atoms with E-state index in [1.165, 1.54) is 21.9 Å². The third-order valence-corrected chi connectivity index (χ3v) is 9.66. The van der Waals surface area contributed by atoms with E-state index in [1.807, 2.05) is 16.3 Å². The fourth-order valence-electron chi connectivity index (χ4n) is 7.29. The van der Waals surface area contributed by atoms with Gasteiger partial charge in [-0.25, -0.2) is 10.0 Å². The van der Waals surface area contributed by atoms with Crippen molar-refractivity contribution in [1.82, 2.24) is 9.55 Å². The Morgan fingerprint density at radius 2 is 1.29 bits per heavy atom. The van der Waals surface area contributed by atoms with E-state index in [-0.39, 0.29) is 6.04 Å². The van der Waals surface area contributed by atoms with Gasteiger partial charge in [0.05, 0.1) is 34.1 Å². The summed E-state index contributed by atoms with van der Waals surface area (Å²) in [4.78, 5) is 13.7. The standard InChI is InChI=1S/C45H37N5O/c1-31(2)49-42-22-11-12-23-43(42)50(51-49)37-18-13-17-35(29-37)47(34-15-5-4-6-16-34)36-24-25-40-39-20-9-10-21-41(39)48(44(40)30-36)45-28-33(26-27-46-45)38-19-8-7-14-32(38)3/h4-31H,1-3H3. The van der Waals surface area contributed by atoms with Crippen molar-refractivity contribution in [3.05, 3.63) is 169 Å². The number of rotatable bonds is 7. The van der Waals surface area contributed by atoms with Gasteiger partial charge < -0.3 is 4.90 Å². The minimum absolute atomic E-state index is 0.172. The molecule has 0 saturated heterocycles. The highest BCUT2D eigenvalue weighted by molar-refractivity contribution is 6.10. The van der Waals surface area contributed by atoms with Crippen molar-refractivity contribution in [2.75, 3.05) is 15.0 Å². The van der Waals surface area contributed by atoms with Gasteiger partial charge in [0.25, 0.3) is 0 Å². The smallest absolute Gasteiger partial charge is 0.138 e. The summed E-state index contributed by atoms with van der Waals surface area (Å²) in [6, 6.07) is 55.7. The molecule has 0 saturated carbocycles. The van der Waals surface area contributed by atoms with Crippen LogP contribution in [-0.4, -0.2) is 15.6 Å². The van der Waals surface area contributed by atoms with Gasteiger partial charge in [-0.2, -0.15) is 5.06 Å². The van der Waals surface area contributed by atoms with Gasteiger partial charge in [0.15, 0.2) is 0 Å². The molecule has 2 aromatic heterocycles. The molecule has 8 aromatic rings. The molecule has 0 aliphatic carbocycles. The van der Waals surface area contributed by atoms with Crippen molar-refractivity contribution in [3.8, 4) is 16.9 Å². The highest BCUT2D eigenvalue weighted by Gasteiger charge is 2.31. The number of pyridine rings is 1. The molecule has 0 radical (unpaired) electrons. The lowest BCUT2D eigenvalue weighted by molar-refractivity contribution is 0.113. The van der Waals surface area contributed by atoms with Gasteiger partial charge in [-0.15, -0.1) is 4.94 Å². The number of hydrogen-bond donors (Lipinski definition) is 0. The largest absolute Gasteiger partial charge is 0.310 e. The summed E-state index contributed by atoms with van der Waals surface area (Å²) in [6.45, 7) is 6.43. The first-order chi connectivity index (χ1) is 25.0. The maximum Gasteiger partial charge on any atom is 0.138 e. The Morgan fingerprint density at radius 3 is 2.14 bits per heavy atom. The number of aromatic nitrogens is 2. The molecule has 9 rings (SSSR count). The monoisotopic (exact) mass is 663 g/mol. The third-order valence-electron chi connectivity index (χ3n) is 9.66. The molecule has 1 aliphatic heterocycles. The Hall–Kier alpha value is -6.37. The Labute approximate surface area is 297 Å². The van der Waals surface area contributed by atoms with Crippen molar-refractivity contribution < 1.29 is 4.94 Å². The second-order valence-electron chi connectivity index (χ2n) is 13.2. The highest BCUT2D eigenvalue weighted by atomic mass is 16.8. The summed E-state index contributed by atoms with van der Waals surface area (Å²) in [5.74, 6) is 0.881. The van der Waals surface area contributed by atoms with Crippen molar-refractivity contribution in [1.29, 1.82) is 0 Å². The molecule has 3 heterocycles. The van der Waals surface area contributed by atoms with Crippen molar-refractivity contribution in [2.45, 2.75) is 26.8 Å². The lowest BCUT2D eigenvalue weighted by Gasteiger charge is -2.27. The molecule has 0 atom stereocenters. The summed E-state index contributed by atoms with van der Waals surface area (Å²) >= 11 is 0. The highest BCUT2D eigenvalue weighted by Crippen LogP contribution is 2.45. The third kappa shape index (κ3) is 5.28. The number of nitrogens with zero attached hydrogens (tertiary/aromatic N) is 5. The minimum Gasteiger partial charge on any atom is -0.310 e. The van der Waals surface area contributed by atoms with E-state index in [2.05, 4.69) is 188 Å². The van der Waals surface area contributed by atoms with E-state index >= 15 is 0 Å². The normalized spacial score (nSPS) is 12.6. The maximum atomic E-state index is 6.47. The SMILES string of the molecule is Cc1ccccc1-c1ccnc(-n2c3ccccc3c3ccc(N(c4ccccc4)c4cccc(N5ON(C(C)C)c6ccccc65)c4)cc32)c1. The van der Waals surface area contributed by atoms with E-state index in [0.29, 0.717) is 0 Å².